The van der Waals surface area contributed by atoms with E-state index >= 15 is 0 Å². The highest BCUT2D eigenvalue weighted by Crippen LogP contribution is 2.36. The Kier molecular flexibility index (Phi) is 4.97. The van der Waals surface area contributed by atoms with E-state index < -0.39 is 37.3 Å². The van der Waals surface area contributed by atoms with Gasteiger partial charge in [-0.05, 0) is 26.0 Å². The molecule has 0 bridgehead atoms. The van der Waals surface area contributed by atoms with E-state index in [1.54, 1.807) is 13.8 Å². The molecule has 0 saturated carbocycles. The van der Waals surface area contributed by atoms with Crippen LogP contribution in [0.25, 0.3) is 0 Å². The third-order valence-corrected chi connectivity index (χ3v) is 5.38. The number of rotatable bonds is 2. The second-order valence-electron chi connectivity index (χ2n) is 5.01. The van der Waals surface area contributed by atoms with Gasteiger partial charge in [-0.25, -0.2) is 17.2 Å². The number of alkyl halides is 1. The molecular formula is C12H15ClF2N2O3S. The zero-order valence-corrected chi connectivity index (χ0v) is 13.0. The summed E-state index contributed by atoms with van der Waals surface area (Å²) in [6, 6.07) is 3.02. The molecule has 0 radical (unpaired) electrons. The van der Waals surface area contributed by atoms with Gasteiger partial charge in [-0.15, -0.1) is 0 Å². The molecule has 3 N–H and O–H groups in total. The summed E-state index contributed by atoms with van der Waals surface area (Å²) in [5.74, 6) is -2.04. The molecule has 0 saturated heterocycles. The van der Waals surface area contributed by atoms with Gasteiger partial charge in [0.15, 0.2) is 9.75 Å². The second kappa shape index (κ2) is 5.86. The van der Waals surface area contributed by atoms with Gasteiger partial charge >= 0.3 is 0 Å². The summed E-state index contributed by atoms with van der Waals surface area (Å²) in [5.41, 5.74) is -1.49. The average Bonchev–Trinajstić information content (AvgIpc) is 2.70. The summed E-state index contributed by atoms with van der Waals surface area (Å²) in [5, 5.41) is 3.15. The minimum absolute atomic E-state index is 0. The first-order valence-corrected chi connectivity index (χ1v) is 7.70. The molecule has 0 aromatic heterocycles. The van der Waals surface area contributed by atoms with E-state index in [1.165, 1.54) is 0 Å². The van der Waals surface area contributed by atoms with E-state index in [9.17, 15) is 17.2 Å². The van der Waals surface area contributed by atoms with E-state index in [4.69, 9.17) is 16.4 Å². The third-order valence-electron chi connectivity index (χ3n) is 2.80. The highest BCUT2D eigenvalue weighted by Gasteiger charge is 2.41. The van der Waals surface area contributed by atoms with Crippen LogP contribution >= 0.6 is 11.6 Å². The molecule has 1 atom stereocenters. The molecule has 5 nitrogen and oxygen atoms in total. The molecular weight excluding hydrogens is 326 g/mol. The number of hydrogen-bond donors (Lipinski definition) is 1. The summed E-state index contributed by atoms with van der Waals surface area (Å²) >= 11 is 5.78. The van der Waals surface area contributed by atoms with Crippen molar-refractivity contribution in [3.8, 4) is 0 Å². The molecule has 0 aliphatic carbocycles. The van der Waals surface area contributed by atoms with Gasteiger partial charge in [0, 0.05) is 6.42 Å². The Labute approximate surface area is 126 Å². The molecule has 1 aromatic carbocycles. The number of sulfone groups is 1. The minimum Gasteiger partial charge on any atom is -0.389 e. The maximum absolute atomic E-state index is 13.6. The van der Waals surface area contributed by atoms with Crippen LogP contribution in [0.1, 0.15) is 30.5 Å². The second-order valence-corrected chi connectivity index (χ2v) is 7.74. The summed E-state index contributed by atoms with van der Waals surface area (Å²) in [6.45, 7) is 3.29. The van der Waals surface area contributed by atoms with Gasteiger partial charge < -0.3 is 11.0 Å². The molecule has 1 unspecified atom stereocenters. The molecule has 0 fully saturated rings. The Morgan fingerprint density at radius 2 is 1.86 bits per heavy atom. The smallest absolute Gasteiger partial charge is 0.216 e. The fourth-order valence-corrected chi connectivity index (χ4v) is 3.74. The summed E-state index contributed by atoms with van der Waals surface area (Å²) in [6.07, 6.45) is -0.00533. The fraction of sp³-hybridized carbons (Fsp3) is 0.417. The standard InChI is InChI=1S/C12H12ClF2NO3S.H3N/c1-12(2)6-9(16-19-12)20(17,18)11(13)10-7(14)4-3-5-8(10)15;/h3-5,11H,6H2,1-2H3;1H3. The predicted octanol–water partition coefficient (Wildman–Crippen LogP) is 3.29. The van der Waals surface area contributed by atoms with Crippen LogP contribution in [-0.2, 0) is 14.7 Å². The Balaban J connectivity index is 0.00000220. The Morgan fingerprint density at radius 1 is 1.33 bits per heavy atom. The SMILES string of the molecule is CC1(C)CC(S(=O)(=O)C(Cl)c2c(F)cccc2F)=NO1.N. The first-order valence-electron chi connectivity index (χ1n) is 5.72. The van der Waals surface area contributed by atoms with E-state index in [1.807, 2.05) is 0 Å². The fourth-order valence-electron chi connectivity index (χ4n) is 1.76. The van der Waals surface area contributed by atoms with Gasteiger partial charge in [0.25, 0.3) is 0 Å². The highest BCUT2D eigenvalue weighted by molar-refractivity contribution is 8.07. The van der Waals surface area contributed by atoms with Crippen molar-refractivity contribution < 1.29 is 22.0 Å². The molecule has 1 heterocycles. The van der Waals surface area contributed by atoms with Crippen LogP contribution in [0.5, 0.6) is 0 Å². The van der Waals surface area contributed by atoms with Crippen molar-refractivity contribution in [2.75, 3.05) is 0 Å². The average molecular weight is 341 g/mol. The van der Waals surface area contributed by atoms with Crippen LogP contribution in [-0.4, -0.2) is 19.1 Å². The van der Waals surface area contributed by atoms with Crippen LogP contribution in [0.4, 0.5) is 8.78 Å². The Morgan fingerprint density at radius 3 is 2.29 bits per heavy atom. The van der Waals surface area contributed by atoms with Gasteiger partial charge in [-0.1, -0.05) is 22.8 Å². The summed E-state index contributed by atoms with van der Waals surface area (Å²) in [7, 11) is -4.20. The lowest BCUT2D eigenvalue weighted by Gasteiger charge is -2.15. The predicted molar refractivity (Wildman–Crippen MR) is 76.1 cm³/mol. The molecule has 21 heavy (non-hydrogen) atoms. The number of benzene rings is 1. The summed E-state index contributed by atoms with van der Waals surface area (Å²) in [4.78, 5) is 4.95. The maximum atomic E-state index is 13.6. The molecule has 118 valence electrons. The molecule has 2 rings (SSSR count). The molecule has 9 heteroatoms. The first kappa shape index (κ1) is 17.8. The van der Waals surface area contributed by atoms with Gasteiger partial charge in [0.2, 0.25) is 9.84 Å². The Hall–Kier alpha value is -1.25. The van der Waals surface area contributed by atoms with Gasteiger partial charge in [-0.2, -0.15) is 0 Å². The number of hydrogen-bond acceptors (Lipinski definition) is 5. The van der Waals surface area contributed by atoms with E-state index in [0.717, 1.165) is 18.2 Å². The van der Waals surface area contributed by atoms with Crippen LogP contribution < -0.4 is 6.15 Å². The zero-order valence-electron chi connectivity index (χ0n) is 11.4. The lowest BCUT2D eigenvalue weighted by molar-refractivity contribution is 0.0123. The zero-order chi connectivity index (χ0) is 15.1. The number of oxime groups is 1. The van der Waals surface area contributed by atoms with Crippen molar-refractivity contribution in [2.45, 2.75) is 30.6 Å². The molecule has 1 aromatic rings. The van der Waals surface area contributed by atoms with Crippen molar-refractivity contribution in [3.05, 3.63) is 35.4 Å². The monoisotopic (exact) mass is 340 g/mol. The number of halogens is 3. The van der Waals surface area contributed by atoms with Crippen molar-refractivity contribution in [3.63, 3.8) is 0 Å². The van der Waals surface area contributed by atoms with Crippen LogP contribution in [0, 0.1) is 11.6 Å². The van der Waals surface area contributed by atoms with Gasteiger partial charge in [0.1, 0.15) is 17.2 Å². The highest BCUT2D eigenvalue weighted by atomic mass is 35.5. The first-order chi connectivity index (χ1) is 9.15. The van der Waals surface area contributed by atoms with Gasteiger partial charge in [-0.3, -0.25) is 0 Å². The molecule has 1 aliphatic rings. The van der Waals surface area contributed by atoms with Crippen molar-refractivity contribution in [1.29, 1.82) is 0 Å². The van der Waals surface area contributed by atoms with E-state index in [2.05, 4.69) is 5.16 Å². The third kappa shape index (κ3) is 3.33. The van der Waals surface area contributed by atoms with Crippen LogP contribution in [0.2, 0.25) is 0 Å². The van der Waals surface area contributed by atoms with Gasteiger partial charge in [0.05, 0.1) is 5.56 Å². The van der Waals surface area contributed by atoms with Crippen LogP contribution in [0.3, 0.4) is 0 Å². The van der Waals surface area contributed by atoms with Crippen molar-refractivity contribution in [1.82, 2.24) is 6.15 Å². The van der Waals surface area contributed by atoms with E-state index in [0.29, 0.717) is 0 Å². The Bertz CT molecular complexity index is 657. The lowest BCUT2D eigenvalue weighted by Crippen LogP contribution is -2.25. The molecule has 0 amide bonds. The van der Waals surface area contributed by atoms with E-state index in [-0.39, 0.29) is 17.6 Å². The molecule has 1 aliphatic heterocycles. The minimum atomic E-state index is -4.20. The quantitative estimate of drug-likeness (QED) is 0.836. The number of nitrogens with zero attached hydrogens (tertiary/aromatic N) is 1. The van der Waals surface area contributed by atoms with Crippen LogP contribution in [0.15, 0.2) is 23.4 Å². The normalized spacial score (nSPS) is 18.4. The largest absolute Gasteiger partial charge is 0.389 e. The lowest BCUT2D eigenvalue weighted by atomic mass is 10.1. The van der Waals surface area contributed by atoms with Crippen molar-refractivity contribution >= 4 is 26.5 Å². The molecule has 0 spiro atoms. The topological polar surface area (TPSA) is 90.7 Å². The van der Waals surface area contributed by atoms with Crippen molar-refractivity contribution in [2.24, 2.45) is 5.16 Å². The summed E-state index contributed by atoms with van der Waals surface area (Å²) < 4.78 is 49.8. The maximum Gasteiger partial charge on any atom is 0.216 e.